The fourth-order valence-corrected chi connectivity index (χ4v) is 5.53. The maximum atomic E-state index is 14.3. The first-order valence-corrected chi connectivity index (χ1v) is 13.1. The number of hydrogen-bond donors (Lipinski definition) is 1. The summed E-state index contributed by atoms with van der Waals surface area (Å²) in [4.78, 5) is 40.8. The van der Waals surface area contributed by atoms with Crippen molar-refractivity contribution in [2.75, 3.05) is 20.3 Å². The van der Waals surface area contributed by atoms with Gasteiger partial charge in [-0.1, -0.05) is 46.3 Å². The normalized spacial score (nSPS) is 21.2. The van der Waals surface area contributed by atoms with Crippen LogP contribution in [0, 0.1) is 5.92 Å². The highest BCUT2D eigenvalue weighted by Gasteiger charge is 2.49. The number of nitrogens with one attached hydrogen (secondary N) is 1. The number of para-hydroxylation sites is 1. The van der Waals surface area contributed by atoms with Crippen molar-refractivity contribution in [2.45, 2.75) is 39.0 Å². The Bertz CT molecular complexity index is 1280. The molecule has 2 aliphatic rings. The molecule has 0 saturated heterocycles. The van der Waals surface area contributed by atoms with Crippen LogP contribution in [0.15, 0.2) is 75.5 Å². The Morgan fingerprint density at radius 1 is 1.03 bits per heavy atom. The molecule has 0 spiro atoms. The molecule has 7 nitrogen and oxygen atoms in total. The average molecular weight is 568 g/mol. The highest BCUT2D eigenvalue weighted by molar-refractivity contribution is 9.10. The Morgan fingerprint density at radius 3 is 2.35 bits per heavy atom. The highest BCUT2D eigenvalue weighted by Crippen LogP contribution is 2.49. The number of benzene rings is 2. The van der Waals surface area contributed by atoms with Crippen LogP contribution in [-0.4, -0.2) is 38.0 Å². The molecule has 4 rings (SSSR count). The number of methoxy groups -OCH3 is 1. The Hall–Kier alpha value is -3.39. The quantitative estimate of drug-likeness (QED) is 0.364. The Labute approximate surface area is 225 Å². The summed E-state index contributed by atoms with van der Waals surface area (Å²) in [6, 6.07) is 14.9. The molecular weight excluding hydrogens is 538 g/mol. The van der Waals surface area contributed by atoms with E-state index in [0.717, 1.165) is 15.6 Å². The summed E-state index contributed by atoms with van der Waals surface area (Å²) in [5.74, 6) is -3.14. The summed E-state index contributed by atoms with van der Waals surface area (Å²) >= 11 is 3.46. The molecule has 0 radical (unpaired) electrons. The Kier molecular flexibility index (Phi) is 8.17. The molecule has 0 bridgehead atoms. The zero-order chi connectivity index (χ0) is 26.7. The first-order chi connectivity index (χ1) is 17.8. The predicted molar refractivity (Wildman–Crippen MR) is 142 cm³/mol. The van der Waals surface area contributed by atoms with Crippen molar-refractivity contribution in [3.63, 3.8) is 0 Å². The standard InChI is InChI=1S/C29H30BrNO6/c1-5-36-28(33)23-16(3)31-21-15-20(19-9-7-8-10-22(19)35-4)25(29(34)37-6-2)27(32)26(21)24(23)17-11-13-18(30)14-12-17/h7-14,20,24-25,31H,5-6,15H2,1-4H3/t20-,24-,25-/m1/s1. The first-order valence-electron chi connectivity index (χ1n) is 12.3. The number of hydrogen-bond acceptors (Lipinski definition) is 7. The van der Waals surface area contributed by atoms with Gasteiger partial charge in [0.1, 0.15) is 11.7 Å². The number of rotatable bonds is 7. The molecule has 1 N–H and O–H groups in total. The van der Waals surface area contributed by atoms with Gasteiger partial charge in [0.25, 0.3) is 0 Å². The molecule has 194 valence electrons. The monoisotopic (exact) mass is 567 g/mol. The topological polar surface area (TPSA) is 90.9 Å². The lowest BCUT2D eigenvalue weighted by atomic mass is 9.67. The number of Topliss-reactive ketones (excluding diaryl/α,β-unsaturated/α-hetero) is 1. The fraction of sp³-hybridized carbons (Fsp3) is 0.345. The fourth-order valence-electron chi connectivity index (χ4n) is 5.27. The summed E-state index contributed by atoms with van der Waals surface area (Å²) in [6.07, 6.45) is 0.366. The van der Waals surface area contributed by atoms with E-state index in [2.05, 4.69) is 21.2 Å². The largest absolute Gasteiger partial charge is 0.496 e. The van der Waals surface area contributed by atoms with Crippen LogP contribution in [-0.2, 0) is 23.9 Å². The average Bonchev–Trinajstić information content (AvgIpc) is 2.88. The molecule has 3 atom stereocenters. The molecule has 8 heteroatoms. The van der Waals surface area contributed by atoms with E-state index in [-0.39, 0.29) is 19.0 Å². The van der Waals surface area contributed by atoms with Gasteiger partial charge in [0, 0.05) is 33.3 Å². The third-order valence-electron chi connectivity index (χ3n) is 6.80. The molecule has 0 fully saturated rings. The van der Waals surface area contributed by atoms with Crippen molar-refractivity contribution < 1.29 is 28.6 Å². The lowest BCUT2D eigenvalue weighted by Gasteiger charge is -2.39. The van der Waals surface area contributed by atoms with Crippen molar-refractivity contribution in [3.05, 3.63) is 86.7 Å². The molecule has 0 unspecified atom stereocenters. The minimum absolute atomic E-state index is 0.147. The van der Waals surface area contributed by atoms with Gasteiger partial charge in [-0.2, -0.15) is 0 Å². The van der Waals surface area contributed by atoms with Crippen LogP contribution in [0.1, 0.15) is 50.2 Å². The maximum Gasteiger partial charge on any atom is 0.336 e. The number of ketones is 1. The van der Waals surface area contributed by atoms with Gasteiger partial charge in [0.15, 0.2) is 5.78 Å². The molecular formula is C29H30BrNO6. The zero-order valence-corrected chi connectivity index (χ0v) is 22.9. The van der Waals surface area contributed by atoms with Crippen LogP contribution < -0.4 is 10.1 Å². The number of ether oxygens (including phenoxy) is 3. The minimum atomic E-state index is -1.09. The molecule has 37 heavy (non-hydrogen) atoms. The summed E-state index contributed by atoms with van der Waals surface area (Å²) in [6.45, 7) is 5.61. The van der Waals surface area contributed by atoms with Crippen molar-refractivity contribution in [1.82, 2.24) is 5.32 Å². The van der Waals surface area contributed by atoms with Crippen LogP contribution >= 0.6 is 15.9 Å². The van der Waals surface area contributed by atoms with E-state index in [0.29, 0.717) is 34.7 Å². The van der Waals surface area contributed by atoms with E-state index in [1.54, 1.807) is 21.0 Å². The molecule has 0 aromatic heterocycles. The van der Waals surface area contributed by atoms with Gasteiger partial charge >= 0.3 is 11.9 Å². The summed E-state index contributed by atoms with van der Waals surface area (Å²) in [5.41, 5.74) is 3.55. The van der Waals surface area contributed by atoms with Crippen molar-refractivity contribution in [3.8, 4) is 5.75 Å². The number of dihydropyridines is 1. The van der Waals surface area contributed by atoms with Gasteiger partial charge in [-0.25, -0.2) is 4.79 Å². The van der Waals surface area contributed by atoms with Crippen molar-refractivity contribution in [2.24, 2.45) is 5.92 Å². The van der Waals surface area contributed by atoms with Crippen molar-refractivity contribution in [1.29, 1.82) is 0 Å². The summed E-state index contributed by atoms with van der Waals surface area (Å²) in [5, 5.41) is 3.31. The first kappa shape index (κ1) is 26.7. The van der Waals surface area contributed by atoms with Crippen LogP contribution in [0.5, 0.6) is 5.75 Å². The molecule has 2 aromatic rings. The number of halogens is 1. The van der Waals surface area contributed by atoms with E-state index < -0.39 is 29.7 Å². The van der Waals surface area contributed by atoms with Gasteiger partial charge in [-0.05, 0) is 56.5 Å². The minimum Gasteiger partial charge on any atom is -0.496 e. The van der Waals surface area contributed by atoms with Gasteiger partial charge in [-0.3, -0.25) is 9.59 Å². The molecule has 1 aliphatic carbocycles. The smallest absolute Gasteiger partial charge is 0.336 e. The molecule has 0 saturated carbocycles. The second-order valence-corrected chi connectivity index (χ2v) is 9.82. The maximum absolute atomic E-state index is 14.3. The van der Waals surface area contributed by atoms with E-state index in [1.165, 1.54) is 0 Å². The SMILES string of the molecule is CCOC(=O)C1=C(C)NC2=C(C(=O)[C@H](C(=O)OCC)[C@@H](c3ccccc3OC)C2)[C@@H]1c1ccc(Br)cc1. The number of esters is 2. The predicted octanol–water partition coefficient (Wildman–Crippen LogP) is 5.17. The van der Waals surface area contributed by atoms with Crippen LogP contribution in [0.4, 0.5) is 0 Å². The van der Waals surface area contributed by atoms with Crippen molar-refractivity contribution >= 4 is 33.7 Å². The lowest BCUT2D eigenvalue weighted by molar-refractivity contribution is -0.152. The summed E-state index contributed by atoms with van der Waals surface area (Å²) in [7, 11) is 1.56. The van der Waals surface area contributed by atoms with Crippen LogP contribution in [0.25, 0.3) is 0 Å². The number of allylic oxidation sites excluding steroid dienone is 3. The van der Waals surface area contributed by atoms with Gasteiger partial charge < -0.3 is 19.5 Å². The van der Waals surface area contributed by atoms with E-state index in [4.69, 9.17) is 14.2 Å². The van der Waals surface area contributed by atoms with Crippen LogP contribution in [0.3, 0.4) is 0 Å². The van der Waals surface area contributed by atoms with Gasteiger partial charge in [0.2, 0.25) is 0 Å². The second-order valence-electron chi connectivity index (χ2n) is 8.91. The molecule has 2 aromatic carbocycles. The van der Waals surface area contributed by atoms with E-state index in [9.17, 15) is 14.4 Å². The van der Waals surface area contributed by atoms with E-state index >= 15 is 0 Å². The molecule has 0 amide bonds. The number of carbonyl (C=O) groups is 3. The third-order valence-corrected chi connectivity index (χ3v) is 7.33. The number of carbonyl (C=O) groups excluding carboxylic acids is 3. The van der Waals surface area contributed by atoms with Gasteiger partial charge in [-0.15, -0.1) is 0 Å². The second kappa shape index (κ2) is 11.3. The Morgan fingerprint density at radius 2 is 1.70 bits per heavy atom. The Balaban J connectivity index is 1.91. The highest BCUT2D eigenvalue weighted by atomic mass is 79.9. The lowest BCUT2D eigenvalue weighted by Crippen LogP contribution is -2.43. The van der Waals surface area contributed by atoms with Gasteiger partial charge in [0.05, 0.1) is 25.9 Å². The molecule has 1 heterocycles. The molecule has 1 aliphatic heterocycles. The third kappa shape index (κ3) is 5.07. The van der Waals surface area contributed by atoms with Crippen LogP contribution in [0.2, 0.25) is 0 Å². The summed E-state index contributed by atoms with van der Waals surface area (Å²) < 4.78 is 17.2. The van der Waals surface area contributed by atoms with E-state index in [1.807, 2.05) is 55.5 Å². The zero-order valence-electron chi connectivity index (χ0n) is 21.3.